The predicted octanol–water partition coefficient (Wildman–Crippen LogP) is 9.31. The van der Waals surface area contributed by atoms with E-state index >= 15 is 0 Å². The molecule has 0 radical (unpaired) electrons. The Morgan fingerprint density at radius 2 is 1.74 bits per heavy atom. The van der Waals surface area contributed by atoms with Gasteiger partial charge in [0.05, 0.1) is 0 Å². The Morgan fingerprint density at radius 1 is 1.11 bits per heavy atom. The molecule has 27 heavy (non-hydrogen) atoms. The minimum atomic E-state index is 0.835. The smallest absolute Gasteiger partial charge is 0.0202 e. The first-order valence-electron chi connectivity index (χ1n) is 11.1. The van der Waals surface area contributed by atoms with Crippen molar-refractivity contribution >= 4 is 25.3 Å². The van der Waals surface area contributed by atoms with E-state index in [9.17, 15) is 0 Å². The summed E-state index contributed by atoms with van der Waals surface area (Å²) >= 11 is 7.08. The second-order valence-electron chi connectivity index (χ2n) is 7.86. The van der Waals surface area contributed by atoms with Gasteiger partial charge in [0.15, 0.2) is 0 Å². The summed E-state index contributed by atoms with van der Waals surface area (Å²) in [6, 6.07) is 0. The van der Waals surface area contributed by atoms with Crippen LogP contribution in [0.1, 0.15) is 97.8 Å². The first kappa shape index (κ1) is 29.1. The quantitative estimate of drug-likeness (QED) is 0.178. The lowest BCUT2D eigenvalue weighted by Crippen LogP contribution is -2.06. The van der Waals surface area contributed by atoms with Gasteiger partial charge in [0.25, 0.3) is 0 Å². The molecule has 0 saturated heterocycles. The van der Waals surface area contributed by atoms with Crippen molar-refractivity contribution in [1.29, 1.82) is 0 Å². The molecule has 2 heteroatoms. The van der Waals surface area contributed by atoms with Crippen LogP contribution in [0.15, 0.2) is 36.3 Å². The molecule has 0 aromatic heterocycles. The summed E-state index contributed by atoms with van der Waals surface area (Å²) < 4.78 is 0. The molecule has 1 rings (SSSR count). The molecule has 1 saturated carbocycles. The first-order valence-corrected chi connectivity index (χ1v) is 12.5. The van der Waals surface area contributed by atoms with Gasteiger partial charge in [0.2, 0.25) is 0 Å². The molecule has 1 aliphatic rings. The second-order valence-corrected chi connectivity index (χ2v) is 8.23. The molecule has 0 amide bonds. The van der Waals surface area contributed by atoms with Gasteiger partial charge in [-0.05, 0) is 67.9 Å². The van der Waals surface area contributed by atoms with Crippen molar-refractivity contribution in [2.24, 2.45) is 17.8 Å². The molecule has 0 N–H and O–H groups in total. The molecule has 0 aromatic carbocycles. The van der Waals surface area contributed by atoms with Gasteiger partial charge in [-0.1, -0.05) is 90.2 Å². The lowest BCUT2D eigenvalue weighted by Gasteiger charge is -2.18. The van der Waals surface area contributed by atoms with Gasteiger partial charge in [-0.3, -0.25) is 0 Å². The van der Waals surface area contributed by atoms with Crippen LogP contribution in [0.5, 0.6) is 0 Å². The summed E-state index contributed by atoms with van der Waals surface area (Å²) in [5, 5.41) is 1.44. The highest BCUT2D eigenvalue weighted by Gasteiger charge is 2.25. The zero-order valence-corrected chi connectivity index (χ0v) is 20.5. The summed E-state index contributed by atoms with van der Waals surface area (Å²) in [5.41, 5.74) is 1.51. The lowest BCUT2D eigenvalue weighted by atomic mass is 9.87. The van der Waals surface area contributed by atoms with Gasteiger partial charge >= 0.3 is 0 Å². The molecule has 160 valence electrons. The van der Waals surface area contributed by atoms with Crippen LogP contribution in [0.2, 0.25) is 0 Å². The fraction of sp³-hybridized carbons (Fsp3) is 0.760. The zero-order valence-electron chi connectivity index (χ0n) is 18.8. The van der Waals surface area contributed by atoms with Crippen LogP contribution in [0.25, 0.3) is 0 Å². The summed E-state index contributed by atoms with van der Waals surface area (Å²) in [6.45, 7) is 14.5. The molecular weight excluding hydrogens is 364 g/mol. The summed E-state index contributed by atoms with van der Waals surface area (Å²) in [5.74, 6) is 2.58. The highest BCUT2D eigenvalue weighted by Crippen LogP contribution is 2.37. The fourth-order valence-corrected chi connectivity index (χ4v) is 3.83. The van der Waals surface area contributed by atoms with E-state index in [0.29, 0.717) is 0 Å². The first-order chi connectivity index (χ1) is 13.1. The maximum atomic E-state index is 4.34. The van der Waals surface area contributed by atoms with E-state index in [1.54, 1.807) is 6.26 Å². The molecule has 0 bridgehead atoms. The summed E-state index contributed by atoms with van der Waals surface area (Å²) in [7, 11) is 0. The minimum absolute atomic E-state index is 0.835. The molecule has 0 aliphatic heterocycles. The van der Waals surface area contributed by atoms with Crippen molar-refractivity contribution in [2.75, 3.05) is 6.26 Å². The van der Waals surface area contributed by atoms with Crippen LogP contribution < -0.4 is 0 Å². The van der Waals surface area contributed by atoms with Crippen molar-refractivity contribution in [3.8, 4) is 0 Å². The molecule has 0 heterocycles. The van der Waals surface area contributed by atoms with Gasteiger partial charge < -0.3 is 0 Å². The Balaban J connectivity index is 0. The Hall–Kier alpha value is -0.0800. The Kier molecular flexibility index (Phi) is 24.0. The molecule has 1 aliphatic carbocycles. The topological polar surface area (TPSA) is 0 Å². The monoisotopic (exact) mass is 412 g/mol. The average molecular weight is 413 g/mol. The summed E-state index contributed by atoms with van der Waals surface area (Å²) in [4.78, 5) is 0. The molecule has 3 atom stereocenters. The fourth-order valence-electron chi connectivity index (χ4n) is 3.83. The van der Waals surface area contributed by atoms with Crippen molar-refractivity contribution in [3.05, 3.63) is 36.3 Å². The number of hydrogen-bond acceptors (Lipinski definition) is 2. The number of hydrogen-bond donors (Lipinski definition) is 2. The highest BCUT2D eigenvalue weighted by molar-refractivity contribution is 7.83. The largest absolute Gasteiger partial charge is 0.183 e. The highest BCUT2D eigenvalue weighted by atomic mass is 32.1. The number of unbranched alkanes of at least 4 members (excludes halogenated alkanes) is 3. The Bertz CT molecular complexity index is 359. The van der Waals surface area contributed by atoms with Crippen molar-refractivity contribution in [1.82, 2.24) is 0 Å². The lowest BCUT2D eigenvalue weighted by molar-refractivity contribution is 0.444. The van der Waals surface area contributed by atoms with E-state index in [-0.39, 0.29) is 0 Å². The van der Waals surface area contributed by atoms with Gasteiger partial charge in [0, 0.05) is 0 Å². The number of allylic oxidation sites excluding steroid dienone is 3. The third-order valence-electron chi connectivity index (χ3n) is 5.37. The van der Waals surface area contributed by atoms with E-state index in [4.69, 9.17) is 0 Å². The standard InChI is InChI=1S/C22H40.C2H4S.CH4S/c1-5-7-9-13-20(4)18-22-17-11-16-21(22)15-10-14-19(3)12-8-6-2;1-2-3;1-2/h10,15,19,21-22H,4-9,11-14,16-18H2,1-3H3;2-3H,1H2;2H,1H3/b15-10+;;/t19?,21?,22-;;/m1../s1. The molecule has 1 fully saturated rings. The van der Waals surface area contributed by atoms with E-state index < -0.39 is 0 Å². The number of rotatable bonds is 12. The molecular formula is C25H48S2. The van der Waals surface area contributed by atoms with Crippen LogP contribution in [-0.4, -0.2) is 6.26 Å². The SMILES string of the molecule is C=C(CCCCC)C[C@H]1CCCC1/C=C/CC(C)CCCC.C=CS.CS. The third kappa shape index (κ3) is 17.7. The van der Waals surface area contributed by atoms with Crippen LogP contribution in [0.3, 0.4) is 0 Å². The molecule has 0 aromatic rings. The van der Waals surface area contributed by atoms with E-state index in [0.717, 1.165) is 17.8 Å². The van der Waals surface area contributed by atoms with Crippen molar-refractivity contribution in [2.45, 2.75) is 97.8 Å². The van der Waals surface area contributed by atoms with Crippen LogP contribution in [0, 0.1) is 17.8 Å². The van der Waals surface area contributed by atoms with Crippen LogP contribution in [0.4, 0.5) is 0 Å². The van der Waals surface area contributed by atoms with Crippen molar-refractivity contribution < 1.29 is 0 Å². The Morgan fingerprint density at radius 3 is 2.33 bits per heavy atom. The third-order valence-corrected chi connectivity index (χ3v) is 5.37. The summed E-state index contributed by atoms with van der Waals surface area (Å²) in [6.07, 6.45) is 23.0. The maximum absolute atomic E-state index is 4.34. The predicted molar refractivity (Wildman–Crippen MR) is 135 cm³/mol. The minimum Gasteiger partial charge on any atom is -0.183 e. The second kappa shape index (κ2) is 22.2. The normalized spacial score (nSPS) is 19.6. The molecule has 0 nitrogen and oxygen atoms in total. The van der Waals surface area contributed by atoms with E-state index in [1.807, 2.05) is 0 Å². The van der Waals surface area contributed by atoms with Gasteiger partial charge in [-0.15, -0.1) is 0 Å². The Labute approximate surface area is 183 Å². The van der Waals surface area contributed by atoms with E-state index in [1.165, 1.54) is 88.0 Å². The number of thiol groups is 2. The van der Waals surface area contributed by atoms with Gasteiger partial charge in [-0.2, -0.15) is 25.3 Å². The molecule has 0 spiro atoms. The van der Waals surface area contributed by atoms with E-state index in [2.05, 4.69) is 71.3 Å². The van der Waals surface area contributed by atoms with Crippen molar-refractivity contribution in [3.63, 3.8) is 0 Å². The maximum Gasteiger partial charge on any atom is -0.0202 e. The van der Waals surface area contributed by atoms with Gasteiger partial charge in [-0.25, -0.2) is 0 Å². The molecule has 2 unspecified atom stereocenters. The van der Waals surface area contributed by atoms with Gasteiger partial charge in [0.1, 0.15) is 0 Å². The van der Waals surface area contributed by atoms with Crippen LogP contribution in [-0.2, 0) is 0 Å². The zero-order chi connectivity index (χ0) is 20.9. The van der Waals surface area contributed by atoms with Crippen LogP contribution >= 0.6 is 25.3 Å². The average Bonchev–Trinajstić information content (AvgIpc) is 3.09.